The molecule has 3 N–H and O–H groups in total. The van der Waals surface area contributed by atoms with Crippen LogP contribution in [0.2, 0.25) is 0 Å². The summed E-state index contributed by atoms with van der Waals surface area (Å²) in [5.41, 5.74) is 6.41. The SMILES string of the molecule is CC(N)(COc1ccc(-c2ccccc2)cc1)C(=O)O. The van der Waals surface area contributed by atoms with Crippen molar-refractivity contribution in [1.29, 1.82) is 0 Å². The van der Waals surface area contributed by atoms with Crippen LogP contribution in [0.4, 0.5) is 0 Å². The van der Waals surface area contributed by atoms with Crippen molar-refractivity contribution in [3.8, 4) is 16.9 Å². The molecule has 0 bridgehead atoms. The van der Waals surface area contributed by atoms with Crippen LogP contribution in [0.3, 0.4) is 0 Å². The molecule has 2 rings (SSSR count). The van der Waals surface area contributed by atoms with Crippen LogP contribution in [0.5, 0.6) is 5.75 Å². The van der Waals surface area contributed by atoms with E-state index < -0.39 is 11.5 Å². The third-order valence-electron chi connectivity index (χ3n) is 2.99. The molecule has 0 aliphatic rings. The summed E-state index contributed by atoms with van der Waals surface area (Å²) >= 11 is 0. The molecular formula is C16H17NO3. The predicted octanol–water partition coefficient (Wildman–Crippen LogP) is 2.53. The van der Waals surface area contributed by atoms with Gasteiger partial charge in [-0.3, -0.25) is 4.79 Å². The lowest BCUT2D eigenvalue weighted by molar-refractivity contribution is -0.143. The molecule has 0 fully saturated rings. The van der Waals surface area contributed by atoms with E-state index >= 15 is 0 Å². The molecule has 20 heavy (non-hydrogen) atoms. The number of hydrogen-bond acceptors (Lipinski definition) is 3. The first-order chi connectivity index (χ1) is 9.49. The van der Waals surface area contributed by atoms with E-state index in [1.807, 2.05) is 42.5 Å². The Morgan fingerprint density at radius 1 is 1.10 bits per heavy atom. The van der Waals surface area contributed by atoms with Gasteiger partial charge in [-0.05, 0) is 30.2 Å². The highest BCUT2D eigenvalue weighted by Gasteiger charge is 2.28. The van der Waals surface area contributed by atoms with Gasteiger partial charge in [0.15, 0.2) is 0 Å². The minimum atomic E-state index is -1.39. The molecule has 0 amide bonds. The summed E-state index contributed by atoms with van der Waals surface area (Å²) in [5, 5.41) is 8.91. The lowest BCUT2D eigenvalue weighted by Gasteiger charge is -2.19. The number of carbonyl (C=O) groups is 1. The lowest BCUT2D eigenvalue weighted by Crippen LogP contribution is -2.49. The van der Waals surface area contributed by atoms with Crippen LogP contribution in [0.1, 0.15) is 6.92 Å². The van der Waals surface area contributed by atoms with Gasteiger partial charge < -0.3 is 15.6 Å². The van der Waals surface area contributed by atoms with Gasteiger partial charge in [-0.2, -0.15) is 0 Å². The maximum absolute atomic E-state index is 10.9. The number of carboxylic acid groups (broad SMARTS) is 1. The Kier molecular flexibility index (Phi) is 4.05. The first-order valence-corrected chi connectivity index (χ1v) is 6.29. The van der Waals surface area contributed by atoms with Gasteiger partial charge in [0.1, 0.15) is 17.9 Å². The molecular weight excluding hydrogens is 254 g/mol. The summed E-state index contributed by atoms with van der Waals surface area (Å²) in [7, 11) is 0. The Balaban J connectivity index is 2.04. The van der Waals surface area contributed by atoms with Crippen LogP contribution in [0, 0.1) is 0 Å². The van der Waals surface area contributed by atoms with Crippen molar-refractivity contribution in [1.82, 2.24) is 0 Å². The minimum absolute atomic E-state index is 0.0764. The zero-order chi connectivity index (χ0) is 14.6. The summed E-state index contributed by atoms with van der Waals surface area (Å²) in [5.74, 6) is -0.485. The summed E-state index contributed by atoms with van der Waals surface area (Å²) in [4.78, 5) is 10.9. The summed E-state index contributed by atoms with van der Waals surface area (Å²) in [6.45, 7) is 1.35. The maximum Gasteiger partial charge on any atom is 0.326 e. The van der Waals surface area contributed by atoms with Crippen molar-refractivity contribution in [3.63, 3.8) is 0 Å². The molecule has 4 nitrogen and oxygen atoms in total. The number of rotatable bonds is 5. The molecule has 1 unspecified atom stereocenters. The van der Waals surface area contributed by atoms with Crippen LogP contribution in [0.15, 0.2) is 54.6 Å². The summed E-state index contributed by atoms with van der Waals surface area (Å²) in [6, 6.07) is 17.4. The fraction of sp³-hybridized carbons (Fsp3) is 0.188. The van der Waals surface area contributed by atoms with Gasteiger partial charge in [0, 0.05) is 0 Å². The molecule has 104 valence electrons. The van der Waals surface area contributed by atoms with Crippen molar-refractivity contribution in [2.45, 2.75) is 12.5 Å². The van der Waals surface area contributed by atoms with E-state index in [-0.39, 0.29) is 6.61 Å². The molecule has 2 aromatic carbocycles. The second-order valence-electron chi connectivity index (χ2n) is 4.90. The van der Waals surface area contributed by atoms with Crippen LogP contribution in [0.25, 0.3) is 11.1 Å². The van der Waals surface area contributed by atoms with E-state index in [2.05, 4.69) is 0 Å². The van der Waals surface area contributed by atoms with Crippen molar-refractivity contribution in [2.75, 3.05) is 6.61 Å². The topological polar surface area (TPSA) is 72.5 Å². The minimum Gasteiger partial charge on any atom is -0.491 e. The molecule has 0 aromatic heterocycles. The molecule has 0 aliphatic heterocycles. The van der Waals surface area contributed by atoms with Crippen LogP contribution >= 0.6 is 0 Å². The maximum atomic E-state index is 10.9. The van der Waals surface area contributed by atoms with E-state index in [0.29, 0.717) is 5.75 Å². The average molecular weight is 271 g/mol. The Morgan fingerprint density at radius 3 is 2.20 bits per heavy atom. The summed E-state index contributed by atoms with van der Waals surface area (Å²) in [6.07, 6.45) is 0. The van der Waals surface area contributed by atoms with E-state index in [1.54, 1.807) is 12.1 Å². The second kappa shape index (κ2) is 5.75. The Bertz CT molecular complexity index is 576. The third-order valence-corrected chi connectivity index (χ3v) is 2.99. The van der Waals surface area contributed by atoms with Crippen molar-refractivity contribution in [2.24, 2.45) is 5.73 Å². The number of aliphatic carboxylic acids is 1. The highest BCUT2D eigenvalue weighted by Crippen LogP contribution is 2.22. The number of hydrogen-bond donors (Lipinski definition) is 2. The van der Waals surface area contributed by atoms with Gasteiger partial charge in [0.05, 0.1) is 0 Å². The van der Waals surface area contributed by atoms with Gasteiger partial charge in [0.25, 0.3) is 0 Å². The van der Waals surface area contributed by atoms with E-state index in [1.165, 1.54) is 6.92 Å². The van der Waals surface area contributed by atoms with Crippen molar-refractivity contribution < 1.29 is 14.6 Å². The second-order valence-corrected chi connectivity index (χ2v) is 4.90. The first kappa shape index (κ1) is 14.1. The molecule has 1 atom stereocenters. The molecule has 0 heterocycles. The van der Waals surface area contributed by atoms with Crippen molar-refractivity contribution >= 4 is 5.97 Å². The van der Waals surface area contributed by atoms with Gasteiger partial charge in [-0.15, -0.1) is 0 Å². The standard InChI is InChI=1S/C16H17NO3/c1-16(17,15(18)19)11-20-14-9-7-13(8-10-14)12-5-3-2-4-6-12/h2-10H,11,17H2,1H3,(H,18,19). The van der Waals surface area contributed by atoms with Gasteiger partial charge in [-0.1, -0.05) is 42.5 Å². The number of carboxylic acids is 1. The molecule has 0 saturated heterocycles. The van der Waals surface area contributed by atoms with E-state index in [4.69, 9.17) is 15.6 Å². The quantitative estimate of drug-likeness (QED) is 0.876. The fourth-order valence-corrected chi connectivity index (χ4v) is 1.67. The Morgan fingerprint density at radius 2 is 1.65 bits per heavy atom. The molecule has 4 heteroatoms. The number of ether oxygens (including phenoxy) is 1. The number of benzene rings is 2. The first-order valence-electron chi connectivity index (χ1n) is 6.29. The van der Waals surface area contributed by atoms with Crippen LogP contribution in [-0.2, 0) is 4.79 Å². The average Bonchev–Trinajstić information content (AvgIpc) is 2.46. The van der Waals surface area contributed by atoms with Gasteiger partial charge in [-0.25, -0.2) is 0 Å². The third kappa shape index (κ3) is 3.36. The van der Waals surface area contributed by atoms with E-state index in [9.17, 15) is 4.79 Å². The molecule has 0 aliphatic carbocycles. The monoisotopic (exact) mass is 271 g/mol. The van der Waals surface area contributed by atoms with Gasteiger partial charge >= 0.3 is 5.97 Å². The van der Waals surface area contributed by atoms with E-state index in [0.717, 1.165) is 11.1 Å². The zero-order valence-corrected chi connectivity index (χ0v) is 11.2. The Labute approximate surface area is 117 Å². The van der Waals surface area contributed by atoms with Crippen LogP contribution < -0.4 is 10.5 Å². The molecule has 0 spiro atoms. The number of nitrogens with two attached hydrogens (primary N) is 1. The smallest absolute Gasteiger partial charge is 0.326 e. The highest BCUT2D eigenvalue weighted by molar-refractivity contribution is 5.78. The predicted molar refractivity (Wildman–Crippen MR) is 77.6 cm³/mol. The van der Waals surface area contributed by atoms with Crippen molar-refractivity contribution in [3.05, 3.63) is 54.6 Å². The molecule has 2 aromatic rings. The summed E-state index contributed by atoms with van der Waals surface area (Å²) < 4.78 is 5.42. The fourth-order valence-electron chi connectivity index (χ4n) is 1.67. The largest absolute Gasteiger partial charge is 0.491 e. The normalized spacial score (nSPS) is 13.5. The van der Waals surface area contributed by atoms with Gasteiger partial charge in [0.2, 0.25) is 0 Å². The Hall–Kier alpha value is -2.33. The highest BCUT2D eigenvalue weighted by atomic mass is 16.5. The molecule has 0 radical (unpaired) electrons. The van der Waals surface area contributed by atoms with Crippen LogP contribution in [-0.4, -0.2) is 23.2 Å². The zero-order valence-electron chi connectivity index (χ0n) is 11.2. The lowest BCUT2D eigenvalue weighted by atomic mass is 10.1. The molecule has 0 saturated carbocycles.